The van der Waals surface area contributed by atoms with Gasteiger partial charge in [-0.15, -0.1) is 0 Å². The van der Waals surface area contributed by atoms with Crippen LogP contribution in [0.1, 0.15) is 84.0 Å². The fourth-order valence-electron chi connectivity index (χ4n) is 2.22. The van der Waals surface area contributed by atoms with Crippen LogP contribution in [0.2, 0.25) is 0 Å². The first-order valence-corrected chi connectivity index (χ1v) is 8.75. The van der Waals surface area contributed by atoms with Crippen LogP contribution in [0.4, 0.5) is 0 Å². The third kappa shape index (κ3) is 18.9. The Bertz CT molecular complexity index is 301. The zero-order valence-corrected chi connectivity index (χ0v) is 13.9. The summed E-state index contributed by atoms with van der Waals surface area (Å²) in [5, 5.41) is 0. The Hall–Kier alpha value is -1.14. The Morgan fingerprint density at radius 3 is 1.95 bits per heavy atom. The fraction of sp³-hybridized carbons (Fsp3) is 0.737. The lowest BCUT2D eigenvalue weighted by atomic mass is 10.1. The summed E-state index contributed by atoms with van der Waals surface area (Å²) >= 11 is 0. The average molecular weight is 291 g/mol. The van der Waals surface area contributed by atoms with E-state index in [4.69, 9.17) is 0 Å². The molecule has 21 heavy (non-hydrogen) atoms. The van der Waals surface area contributed by atoms with Gasteiger partial charge in [0.1, 0.15) is 0 Å². The van der Waals surface area contributed by atoms with Crippen molar-refractivity contribution in [1.82, 2.24) is 0 Å². The van der Waals surface area contributed by atoms with Gasteiger partial charge in [-0.3, -0.25) is 0 Å². The summed E-state index contributed by atoms with van der Waals surface area (Å²) in [6.07, 6.45) is 25.7. The topological polar surface area (TPSA) is 29.4 Å². The molecule has 0 aromatic rings. The van der Waals surface area contributed by atoms with Gasteiger partial charge in [-0.2, -0.15) is 0 Å². The van der Waals surface area contributed by atoms with E-state index in [-0.39, 0.29) is 0 Å². The van der Waals surface area contributed by atoms with Crippen molar-refractivity contribution in [1.29, 1.82) is 0 Å². The molecule has 0 amide bonds. The molecule has 0 atom stereocenters. The number of isocyanates is 1. The van der Waals surface area contributed by atoms with Gasteiger partial charge in [-0.05, 0) is 38.5 Å². The van der Waals surface area contributed by atoms with Crippen LogP contribution in [-0.4, -0.2) is 12.6 Å². The molecule has 0 fully saturated rings. The van der Waals surface area contributed by atoms with Crippen LogP contribution in [0.25, 0.3) is 0 Å². The van der Waals surface area contributed by atoms with Gasteiger partial charge in [0.05, 0.1) is 6.54 Å². The van der Waals surface area contributed by atoms with Gasteiger partial charge < -0.3 is 0 Å². The zero-order chi connectivity index (χ0) is 15.4. The first-order valence-electron chi connectivity index (χ1n) is 8.75. The average Bonchev–Trinajstić information content (AvgIpc) is 2.50. The van der Waals surface area contributed by atoms with Crippen LogP contribution < -0.4 is 0 Å². The van der Waals surface area contributed by atoms with Crippen LogP contribution in [0.15, 0.2) is 29.3 Å². The highest BCUT2D eigenvalue weighted by molar-refractivity contribution is 5.32. The molecule has 0 radical (unpaired) electrons. The molecule has 0 aliphatic heterocycles. The highest BCUT2D eigenvalue weighted by atomic mass is 16.1. The van der Waals surface area contributed by atoms with Crippen LogP contribution >= 0.6 is 0 Å². The number of nitrogens with zero attached hydrogens (tertiary/aromatic N) is 1. The lowest BCUT2D eigenvalue weighted by Gasteiger charge is -1.98. The molecular formula is C19H33NO. The number of carbonyl (C=O) groups excluding carboxylic acids is 1. The molecule has 0 bridgehead atoms. The van der Waals surface area contributed by atoms with Crippen molar-refractivity contribution in [3.05, 3.63) is 24.3 Å². The minimum Gasteiger partial charge on any atom is -0.211 e. The highest BCUT2D eigenvalue weighted by Gasteiger charge is 1.90. The number of hydrogen-bond acceptors (Lipinski definition) is 2. The Morgan fingerprint density at radius 2 is 1.33 bits per heavy atom. The van der Waals surface area contributed by atoms with E-state index < -0.39 is 0 Å². The van der Waals surface area contributed by atoms with Gasteiger partial charge in [-0.1, -0.05) is 69.8 Å². The predicted molar refractivity (Wildman–Crippen MR) is 92.3 cm³/mol. The number of aliphatic imine (C=N–C) groups is 1. The van der Waals surface area contributed by atoms with Crippen LogP contribution in [0.5, 0.6) is 0 Å². The van der Waals surface area contributed by atoms with Crippen LogP contribution in [0, 0.1) is 0 Å². The van der Waals surface area contributed by atoms with Gasteiger partial charge in [0.25, 0.3) is 0 Å². The van der Waals surface area contributed by atoms with Gasteiger partial charge in [0, 0.05) is 0 Å². The molecule has 0 spiro atoms. The summed E-state index contributed by atoms with van der Waals surface area (Å²) in [6.45, 7) is 2.90. The minimum absolute atomic E-state index is 0.651. The second kappa shape index (κ2) is 18.9. The van der Waals surface area contributed by atoms with E-state index in [9.17, 15) is 4.79 Å². The third-order valence-electron chi connectivity index (χ3n) is 3.54. The van der Waals surface area contributed by atoms with E-state index in [0.29, 0.717) is 6.54 Å². The summed E-state index contributed by atoms with van der Waals surface area (Å²) < 4.78 is 0. The lowest BCUT2D eigenvalue weighted by Crippen LogP contribution is -1.83. The Labute approximate surface area is 131 Å². The molecule has 0 saturated carbocycles. The van der Waals surface area contributed by atoms with Crippen LogP contribution in [0.3, 0.4) is 0 Å². The SMILES string of the molecule is CCCCC/C=C\C/C=C\CCCCCCCCN=C=O. The van der Waals surface area contributed by atoms with E-state index >= 15 is 0 Å². The predicted octanol–water partition coefficient (Wildman–Crippen LogP) is 6.14. The summed E-state index contributed by atoms with van der Waals surface area (Å²) in [7, 11) is 0. The Morgan fingerprint density at radius 1 is 0.762 bits per heavy atom. The molecule has 0 N–H and O–H groups in total. The summed E-state index contributed by atoms with van der Waals surface area (Å²) in [5.41, 5.74) is 0. The Balaban J connectivity index is 3.16. The maximum absolute atomic E-state index is 9.86. The molecule has 0 aromatic heterocycles. The van der Waals surface area contributed by atoms with E-state index in [1.54, 1.807) is 6.08 Å². The number of rotatable bonds is 15. The first kappa shape index (κ1) is 19.9. The quantitative estimate of drug-likeness (QED) is 0.154. The molecule has 0 aliphatic carbocycles. The van der Waals surface area contributed by atoms with Gasteiger partial charge in [0.15, 0.2) is 0 Å². The molecular weight excluding hydrogens is 258 g/mol. The molecule has 0 heterocycles. The monoisotopic (exact) mass is 291 g/mol. The highest BCUT2D eigenvalue weighted by Crippen LogP contribution is 2.08. The van der Waals surface area contributed by atoms with Crippen LogP contribution in [-0.2, 0) is 4.79 Å². The van der Waals surface area contributed by atoms with Gasteiger partial charge >= 0.3 is 0 Å². The molecule has 0 unspecified atom stereocenters. The van der Waals surface area contributed by atoms with Crippen molar-refractivity contribution in [2.75, 3.05) is 6.54 Å². The maximum atomic E-state index is 9.86. The minimum atomic E-state index is 0.651. The number of hydrogen-bond donors (Lipinski definition) is 0. The zero-order valence-electron chi connectivity index (χ0n) is 13.9. The molecule has 0 rings (SSSR count). The normalized spacial score (nSPS) is 11.3. The van der Waals surface area contributed by atoms with Gasteiger partial charge in [0.2, 0.25) is 6.08 Å². The van der Waals surface area contributed by atoms with Crippen molar-refractivity contribution in [3.8, 4) is 0 Å². The maximum Gasteiger partial charge on any atom is 0.234 e. The standard InChI is InChI=1S/C19H33NO/c1-2-3-4-5-6-7-8-9-10-11-12-13-14-15-16-17-18-20-19-21/h6-7,9-10H,2-5,8,11-18H2,1H3/b7-6-,10-9-. The molecule has 0 saturated heterocycles. The molecule has 2 heteroatoms. The van der Waals surface area contributed by atoms with Crippen molar-refractivity contribution in [2.24, 2.45) is 4.99 Å². The summed E-state index contributed by atoms with van der Waals surface area (Å²) in [5.74, 6) is 0. The second-order valence-electron chi connectivity index (χ2n) is 5.56. The Kier molecular flexibility index (Phi) is 17.8. The summed E-state index contributed by atoms with van der Waals surface area (Å²) in [6, 6.07) is 0. The second-order valence-corrected chi connectivity index (χ2v) is 5.56. The first-order chi connectivity index (χ1) is 10.4. The largest absolute Gasteiger partial charge is 0.234 e. The van der Waals surface area contributed by atoms with E-state index in [0.717, 1.165) is 12.8 Å². The smallest absolute Gasteiger partial charge is 0.211 e. The van der Waals surface area contributed by atoms with E-state index in [2.05, 4.69) is 36.2 Å². The molecule has 0 aromatic carbocycles. The van der Waals surface area contributed by atoms with Crippen molar-refractivity contribution >= 4 is 6.08 Å². The van der Waals surface area contributed by atoms with Gasteiger partial charge in [-0.25, -0.2) is 9.79 Å². The molecule has 0 aliphatic rings. The summed E-state index contributed by atoms with van der Waals surface area (Å²) in [4.78, 5) is 13.4. The fourth-order valence-corrected chi connectivity index (χ4v) is 2.22. The van der Waals surface area contributed by atoms with E-state index in [1.165, 1.54) is 64.2 Å². The number of unbranched alkanes of at least 4 members (excludes halogenated alkanes) is 9. The van der Waals surface area contributed by atoms with Crippen molar-refractivity contribution in [2.45, 2.75) is 84.0 Å². The van der Waals surface area contributed by atoms with Crippen molar-refractivity contribution in [3.63, 3.8) is 0 Å². The third-order valence-corrected chi connectivity index (χ3v) is 3.54. The molecule has 2 nitrogen and oxygen atoms in total. The number of allylic oxidation sites excluding steroid dienone is 4. The molecule has 120 valence electrons. The van der Waals surface area contributed by atoms with E-state index in [1.807, 2.05) is 0 Å². The van der Waals surface area contributed by atoms with Crippen molar-refractivity contribution < 1.29 is 4.79 Å². The lowest BCUT2D eigenvalue weighted by molar-refractivity contribution is 0.559.